The molecule has 0 aliphatic heterocycles. The summed E-state index contributed by atoms with van der Waals surface area (Å²) in [7, 11) is 0. The van der Waals surface area contributed by atoms with E-state index in [1.165, 1.54) is 0 Å². The molecule has 0 fully saturated rings. The van der Waals surface area contributed by atoms with E-state index in [1.54, 1.807) is 0 Å². The van der Waals surface area contributed by atoms with Gasteiger partial charge in [-0.2, -0.15) is 0 Å². The molecule has 1 N–H and O–H groups in total. The minimum absolute atomic E-state index is 0. The Morgan fingerprint density at radius 2 is 2.00 bits per heavy atom. The van der Waals surface area contributed by atoms with Crippen molar-refractivity contribution in [3.8, 4) is 0 Å². The zero-order chi connectivity index (χ0) is 4.28. The summed E-state index contributed by atoms with van der Waals surface area (Å²) in [6.45, 7) is 0. The van der Waals surface area contributed by atoms with Gasteiger partial charge in [-0.05, 0) is 0 Å². The molecular formula is C2H3BrInO2. The van der Waals surface area contributed by atoms with E-state index >= 15 is 0 Å². The van der Waals surface area contributed by atoms with Crippen LogP contribution in [0, 0.1) is 0 Å². The van der Waals surface area contributed by atoms with Gasteiger partial charge in [0, 0.05) is 25.8 Å². The molecule has 0 aromatic heterocycles. The first kappa shape index (κ1) is 9.94. The van der Waals surface area contributed by atoms with Gasteiger partial charge in [-0.25, -0.2) is 0 Å². The maximum Gasteiger partial charge on any atom is 0.314 e. The minimum atomic E-state index is -0.829. The monoisotopic (exact) mass is 253 g/mol. The van der Waals surface area contributed by atoms with Crippen LogP contribution in [0.4, 0.5) is 0 Å². The maximum absolute atomic E-state index is 9.32. The summed E-state index contributed by atoms with van der Waals surface area (Å²) in [6.07, 6.45) is 0. The van der Waals surface area contributed by atoms with E-state index in [9.17, 15) is 4.79 Å². The van der Waals surface area contributed by atoms with Crippen LogP contribution in [0.2, 0.25) is 0 Å². The summed E-state index contributed by atoms with van der Waals surface area (Å²) in [5.74, 6) is -0.829. The molecule has 0 aliphatic rings. The van der Waals surface area contributed by atoms with Crippen molar-refractivity contribution in [2.24, 2.45) is 0 Å². The molecule has 0 amide bonds. The Bertz CT molecular complexity index is 46.8. The molecule has 0 saturated carbocycles. The van der Waals surface area contributed by atoms with Crippen molar-refractivity contribution in [2.75, 3.05) is 5.33 Å². The average molecular weight is 254 g/mol. The van der Waals surface area contributed by atoms with E-state index in [4.69, 9.17) is 5.11 Å². The summed E-state index contributed by atoms with van der Waals surface area (Å²) in [6, 6.07) is 0. The number of hydrogen-bond donors (Lipinski definition) is 1. The van der Waals surface area contributed by atoms with Crippen molar-refractivity contribution in [1.29, 1.82) is 0 Å². The molecule has 33 valence electrons. The van der Waals surface area contributed by atoms with Gasteiger partial charge in [-0.15, -0.1) is 0 Å². The zero-order valence-electron chi connectivity index (χ0n) is 3.02. The standard InChI is InChI=1S/C2H3BrO2.In/c3-1-2(4)5;/h1H2,(H,4,5);. The van der Waals surface area contributed by atoms with Crippen LogP contribution in [-0.4, -0.2) is 42.2 Å². The third-order valence-electron chi connectivity index (χ3n) is 0.114. The second-order valence-electron chi connectivity index (χ2n) is 0.527. The van der Waals surface area contributed by atoms with Crippen molar-refractivity contribution in [3.63, 3.8) is 0 Å². The summed E-state index contributed by atoms with van der Waals surface area (Å²) in [5, 5.41) is 7.71. The Morgan fingerprint density at radius 3 is 2.00 bits per heavy atom. The first-order chi connectivity index (χ1) is 2.27. The summed E-state index contributed by atoms with van der Waals surface area (Å²) < 4.78 is 0. The van der Waals surface area contributed by atoms with Gasteiger partial charge in [0.2, 0.25) is 0 Å². The third-order valence-corrected chi connectivity index (χ3v) is 0.594. The fourth-order valence-corrected chi connectivity index (χ4v) is 0. The van der Waals surface area contributed by atoms with Crippen LogP contribution in [-0.2, 0) is 4.79 Å². The molecule has 0 aliphatic carbocycles. The van der Waals surface area contributed by atoms with E-state index in [2.05, 4.69) is 15.9 Å². The first-order valence-electron chi connectivity index (χ1n) is 1.05. The van der Waals surface area contributed by atoms with Gasteiger partial charge in [0.15, 0.2) is 0 Å². The molecule has 0 saturated heterocycles. The molecule has 0 spiro atoms. The number of carboxylic acids is 1. The van der Waals surface area contributed by atoms with Gasteiger partial charge >= 0.3 is 5.97 Å². The minimum Gasteiger partial charge on any atom is -0.481 e. The molecule has 2 nitrogen and oxygen atoms in total. The quantitative estimate of drug-likeness (QED) is 0.673. The molecular weight excluding hydrogens is 251 g/mol. The van der Waals surface area contributed by atoms with Gasteiger partial charge in [0.05, 0.1) is 0 Å². The van der Waals surface area contributed by atoms with Gasteiger partial charge in [0.1, 0.15) is 5.33 Å². The molecule has 0 atom stereocenters. The molecule has 0 aromatic rings. The normalized spacial score (nSPS) is 6.17. The number of hydrogen-bond acceptors (Lipinski definition) is 1. The van der Waals surface area contributed by atoms with E-state index in [0.29, 0.717) is 0 Å². The maximum atomic E-state index is 9.32. The van der Waals surface area contributed by atoms with Crippen molar-refractivity contribution >= 4 is 47.7 Å². The third kappa shape index (κ3) is 8.84. The smallest absolute Gasteiger partial charge is 0.314 e. The fraction of sp³-hybridized carbons (Fsp3) is 0.500. The van der Waals surface area contributed by atoms with Crippen molar-refractivity contribution in [1.82, 2.24) is 0 Å². The molecule has 4 heteroatoms. The number of carbonyl (C=O) groups is 1. The molecule has 3 radical (unpaired) electrons. The predicted octanol–water partition coefficient (Wildman–Crippen LogP) is 0.0851. The second kappa shape index (κ2) is 5.82. The van der Waals surface area contributed by atoms with Crippen LogP contribution >= 0.6 is 15.9 Å². The number of aliphatic carboxylic acids is 1. The molecule has 0 aromatic carbocycles. The van der Waals surface area contributed by atoms with Gasteiger partial charge in [0.25, 0.3) is 0 Å². The fourth-order valence-electron chi connectivity index (χ4n) is 0. The van der Waals surface area contributed by atoms with Crippen molar-refractivity contribution in [3.05, 3.63) is 0 Å². The number of rotatable bonds is 1. The summed E-state index contributed by atoms with van der Waals surface area (Å²) in [4.78, 5) is 9.32. The molecule has 6 heavy (non-hydrogen) atoms. The molecule has 0 bridgehead atoms. The SMILES string of the molecule is O=C(O)CBr.[In]. The van der Waals surface area contributed by atoms with Gasteiger partial charge in [-0.3, -0.25) is 4.79 Å². The predicted molar refractivity (Wildman–Crippen MR) is 27.2 cm³/mol. The van der Waals surface area contributed by atoms with Crippen LogP contribution in [0.5, 0.6) is 0 Å². The van der Waals surface area contributed by atoms with Crippen LogP contribution in [0.3, 0.4) is 0 Å². The Hall–Kier alpha value is 0.820. The topological polar surface area (TPSA) is 37.3 Å². The van der Waals surface area contributed by atoms with Crippen LogP contribution < -0.4 is 0 Å². The Balaban J connectivity index is 0. The number of carboxylic acid groups (broad SMARTS) is 1. The van der Waals surface area contributed by atoms with Crippen molar-refractivity contribution < 1.29 is 9.90 Å². The Kier molecular flexibility index (Phi) is 9.65. The Labute approximate surface area is 62.8 Å². The largest absolute Gasteiger partial charge is 0.481 e. The van der Waals surface area contributed by atoms with Gasteiger partial charge < -0.3 is 5.11 Å². The summed E-state index contributed by atoms with van der Waals surface area (Å²) >= 11 is 2.71. The van der Waals surface area contributed by atoms with E-state index in [0.717, 1.165) is 0 Å². The molecule has 0 unspecified atom stereocenters. The zero-order valence-corrected chi connectivity index (χ0v) is 7.90. The van der Waals surface area contributed by atoms with Crippen LogP contribution in [0.15, 0.2) is 0 Å². The average Bonchev–Trinajstić information content (AvgIpc) is 1.38. The molecule has 0 rings (SSSR count). The molecule has 0 heterocycles. The van der Waals surface area contributed by atoms with Crippen LogP contribution in [0.25, 0.3) is 0 Å². The first-order valence-corrected chi connectivity index (χ1v) is 2.17. The van der Waals surface area contributed by atoms with E-state index in [-0.39, 0.29) is 31.2 Å². The number of halogens is 1. The van der Waals surface area contributed by atoms with E-state index in [1.807, 2.05) is 0 Å². The second-order valence-corrected chi connectivity index (χ2v) is 1.09. The Morgan fingerprint density at radius 1 is 1.83 bits per heavy atom. The van der Waals surface area contributed by atoms with Crippen LogP contribution in [0.1, 0.15) is 0 Å². The van der Waals surface area contributed by atoms with E-state index < -0.39 is 5.97 Å². The number of alkyl halides is 1. The van der Waals surface area contributed by atoms with Gasteiger partial charge in [-0.1, -0.05) is 15.9 Å². The summed E-state index contributed by atoms with van der Waals surface area (Å²) in [5.41, 5.74) is 0. The van der Waals surface area contributed by atoms with Crippen molar-refractivity contribution in [2.45, 2.75) is 0 Å².